The molecule has 0 fully saturated rings. The molecule has 1 atom stereocenters. The Bertz CT molecular complexity index is 1270. The Balaban J connectivity index is 0.00000324. The first-order valence-corrected chi connectivity index (χ1v) is 10.4. The van der Waals surface area contributed by atoms with Crippen LogP contribution in [0.25, 0.3) is 0 Å². The molecule has 0 spiro atoms. The fourth-order valence-corrected chi connectivity index (χ4v) is 3.37. The minimum atomic E-state index is -1.10. The third-order valence-electron chi connectivity index (χ3n) is 5.03. The number of hydrogen-bond acceptors (Lipinski definition) is 4. The number of halogens is 1. The van der Waals surface area contributed by atoms with E-state index in [1.807, 2.05) is 6.07 Å². The van der Waals surface area contributed by atoms with E-state index in [4.69, 9.17) is 0 Å². The van der Waals surface area contributed by atoms with Crippen LogP contribution in [0.1, 0.15) is 42.8 Å². The van der Waals surface area contributed by atoms with Crippen molar-refractivity contribution in [2.45, 2.75) is 6.04 Å². The molecule has 0 saturated heterocycles. The fraction of sp³-hybridized carbons (Fsp3) is 0.0370. The normalized spacial score (nSPS) is 10.9. The van der Waals surface area contributed by atoms with E-state index >= 15 is 0 Å². The van der Waals surface area contributed by atoms with Crippen LogP contribution in [0, 0.1) is 0 Å². The SMILES string of the molecule is Br.O=C(Nc1cccnc1C(NC(=O)c1ccccc1)C(=O)c1ccccc1)c1ccccc1. The Kier molecular flexibility index (Phi) is 8.43. The number of nitrogens with zero attached hydrogens (tertiary/aromatic N) is 1. The first-order chi connectivity index (χ1) is 16.1. The smallest absolute Gasteiger partial charge is 0.255 e. The number of pyridine rings is 1. The van der Waals surface area contributed by atoms with Crippen LogP contribution in [0.15, 0.2) is 109 Å². The number of carbonyl (C=O) groups excluding carboxylic acids is 3. The highest BCUT2D eigenvalue weighted by molar-refractivity contribution is 8.93. The molecule has 0 aliphatic carbocycles. The van der Waals surface area contributed by atoms with Gasteiger partial charge in [0.25, 0.3) is 11.8 Å². The van der Waals surface area contributed by atoms with Gasteiger partial charge in [0, 0.05) is 22.9 Å². The van der Waals surface area contributed by atoms with Gasteiger partial charge in [0.1, 0.15) is 6.04 Å². The predicted molar refractivity (Wildman–Crippen MR) is 136 cm³/mol. The number of rotatable bonds is 7. The number of aromatic nitrogens is 1. The molecule has 2 amide bonds. The van der Waals surface area contributed by atoms with Crippen LogP contribution in [-0.2, 0) is 0 Å². The topological polar surface area (TPSA) is 88.2 Å². The van der Waals surface area contributed by atoms with Crippen LogP contribution >= 0.6 is 17.0 Å². The highest BCUT2D eigenvalue weighted by Gasteiger charge is 2.28. The third kappa shape index (κ3) is 5.82. The zero-order valence-corrected chi connectivity index (χ0v) is 19.8. The largest absolute Gasteiger partial charge is 0.336 e. The maximum absolute atomic E-state index is 13.5. The van der Waals surface area contributed by atoms with Crippen LogP contribution < -0.4 is 10.6 Å². The van der Waals surface area contributed by atoms with E-state index in [0.717, 1.165) is 0 Å². The van der Waals surface area contributed by atoms with E-state index in [0.29, 0.717) is 22.4 Å². The van der Waals surface area contributed by atoms with Gasteiger partial charge >= 0.3 is 0 Å². The Morgan fingerprint density at radius 2 is 1.12 bits per heavy atom. The monoisotopic (exact) mass is 515 g/mol. The molecule has 6 nitrogen and oxygen atoms in total. The minimum absolute atomic E-state index is 0. The molecule has 2 N–H and O–H groups in total. The van der Waals surface area contributed by atoms with Gasteiger partial charge in [-0.3, -0.25) is 19.4 Å². The Morgan fingerprint density at radius 3 is 1.68 bits per heavy atom. The number of ketones is 1. The van der Waals surface area contributed by atoms with Crippen molar-refractivity contribution in [2.75, 3.05) is 5.32 Å². The Morgan fingerprint density at radius 1 is 0.618 bits per heavy atom. The van der Waals surface area contributed by atoms with Crippen LogP contribution in [-0.4, -0.2) is 22.6 Å². The number of carbonyl (C=O) groups is 3. The van der Waals surface area contributed by atoms with Crippen LogP contribution in [0.3, 0.4) is 0 Å². The second-order valence-corrected chi connectivity index (χ2v) is 7.26. The van der Waals surface area contributed by atoms with Crippen molar-refractivity contribution in [3.8, 4) is 0 Å². The summed E-state index contributed by atoms with van der Waals surface area (Å²) in [7, 11) is 0. The molecule has 1 unspecified atom stereocenters. The minimum Gasteiger partial charge on any atom is -0.336 e. The van der Waals surface area contributed by atoms with Crippen LogP contribution in [0.5, 0.6) is 0 Å². The molecule has 34 heavy (non-hydrogen) atoms. The van der Waals surface area contributed by atoms with Crippen molar-refractivity contribution in [2.24, 2.45) is 0 Å². The summed E-state index contributed by atoms with van der Waals surface area (Å²) in [6.45, 7) is 0. The van der Waals surface area contributed by atoms with Crippen molar-refractivity contribution < 1.29 is 14.4 Å². The number of nitrogens with one attached hydrogen (secondary N) is 2. The molecule has 4 aromatic rings. The summed E-state index contributed by atoms with van der Waals surface area (Å²) in [5.41, 5.74) is 1.89. The summed E-state index contributed by atoms with van der Waals surface area (Å²) >= 11 is 0. The number of benzene rings is 3. The highest BCUT2D eigenvalue weighted by atomic mass is 79.9. The summed E-state index contributed by atoms with van der Waals surface area (Å²) in [6, 6.07) is 28.2. The van der Waals surface area contributed by atoms with Gasteiger partial charge in [0.2, 0.25) is 0 Å². The zero-order valence-electron chi connectivity index (χ0n) is 18.0. The lowest BCUT2D eigenvalue weighted by Gasteiger charge is -2.20. The van der Waals surface area contributed by atoms with Gasteiger partial charge in [0.05, 0.1) is 11.4 Å². The van der Waals surface area contributed by atoms with Gasteiger partial charge in [-0.15, -0.1) is 17.0 Å². The van der Waals surface area contributed by atoms with Crippen molar-refractivity contribution >= 4 is 40.3 Å². The molecular formula is C27H22BrN3O3. The van der Waals surface area contributed by atoms with Gasteiger partial charge < -0.3 is 10.6 Å². The third-order valence-corrected chi connectivity index (χ3v) is 5.03. The van der Waals surface area contributed by atoms with Gasteiger partial charge in [-0.2, -0.15) is 0 Å². The first kappa shape index (κ1) is 24.5. The summed E-state index contributed by atoms with van der Waals surface area (Å²) in [4.78, 5) is 43.5. The maximum atomic E-state index is 13.5. The molecular weight excluding hydrogens is 494 g/mol. The Labute approximate surface area is 207 Å². The van der Waals surface area contributed by atoms with Crippen molar-refractivity contribution in [1.82, 2.24) is 10.3 Å². The average molecular weight is 516 g/mol. The summed E-state index contributed by atoms with van der Waals surface area (Å²) in [6.07, 6.45) is 1.52. The molecule has 7 heteroatoms. The quantitative estimate of drug-likeness (QED) is 0.328. The predicted octanol–water partition coefficient (Wildman–Crippen LogP) is 5.27. The standard InChI is InChI=1S/C27H21N3O3.BrH/c31-25(19-11-4-1-5-12-19)24(30-27(33)21-15-8-3-9-16-21)23-22(17-10-18-28-23)29-26(32)20-13-6-2-7-14-20;/h1-18,24H,(H,29,32)(H,30,33);1H. The molecule has 0 radical (unpaired) electrons. The molecule has 170 valence electrons. The van der Waals surface area contributed by atoms with Gasteiger partial charge in [-0.05, 0) is 36.4 Å². The highest BCUT2D eigenvalue weighted by Crippen LogP contribution is 2.25. The molecule has 0 aliphatic heterocycles. The second-order valence-electron chi connectivity index (χ2n) is 7.26. The van der Waals surface area contributed by atoms with E-state index in [1.54, 1.807) is 97.1 Å². The van der Waals surface area contributed by atoms with Crippen molar-refractivity contribution in [3.63, 3.8) is 0 Å². The molecule has 1 aromatic heterocycles. The lowest BCUT2D eigenvalue weighted by atomic mass is 9.99. The van der Waals surface area contributed by atoms with E-state index in [1.165, 1.54) is 6.20 Å². The van der Waals surface area contributed by atoms with Gasteiger partial charge in [0.15, 0.2) is 5.78 Å². The summed E-state index contributed by atoms with van der Waals surface area (Å²) in [5.74, 6) is -1.10. The zero-order chi connectivity index (χ0) is 23.0. The van der Waals surface area contributed by atoms with Gasteiger partial charge in [-0.1, -0.05) is 66.7 Å². The van der Waals surface area contributed by atoms with Crippen LogP contribution in [0.2, 0.25) is 0 Å². The van der Waals surface area contributed by atoms with Gasteiger partial charge in [-0.25, -0.2) is 0 Å². The van der Waals surface area contributed by atoms with E-state index < -0.39 is 11.9 Å². The molecule has 1 heterocycles. The van der Waals surface area contributed by atoms with E-state index in [-0.39, 0.29) is 34.4 Å². The lowest BCUT2D eigenvalue weighted by Crippen LogP contribution is -2.35. The number of amides is 2. The lowest BCUT2D eigenvalue weighted by molar-refractivity contribution is 0.0855. The van der Waals surface area contributed by atoms with Crippen LogP contribution in [0.4, 0.5) is 5.69 Å². The van der Waals surface area contributed by atoms with E-state index in [2.05, 4.69) is 15.6 Å². The van der Waals surface area contributed by atoms with Crippen molar-refractivity contribution in [1.29, 1.82) is 0 Å². The maximum Gasteiger partial charge on any atom is 0.255 e. The molecule has 0 aliphatic rings. The second kappa shape index (κ2) is 11.7. The molecule has 3 aromatic carbocycles. The molecule has 4 rings (SSSR count). The Hall–Kier alpha value is -4.10. The number of hydrogen-bond donors (Lipinski definition) is 2. The molecule has 0 saturated carbocycles. The molecule has 0 bridgehead atoms. The van der Waals surface area contributed by atoms with E-state index in [9.17, 15) is 14.4 Å². The van der Waals surface area contributed by atoms with Crippen molar-refractivity contribution in [3.05, 3.63) is 132 Å². The summed E-state index contributed by atoms with van der Waals surface area (Å²) in [5, 5.41) is 5.62. The average Bonchev–Trinajstić information content (AvgIpc) is 2.89. The first-order valence-electron chi connectivity index (χ1n) is 10.4. The number of Topliss-reactive ketones (excluding diaryl/α,β-unsaturated/α-hetero) is 1. The fourth-order valence-electron chi connectivity index (χ4n) is 3.37. The number of anilines is 1. The summed E-state index contributed by atoms with van der Waals surface area (Å²) < 4.78 is 0.